The average molecular weight is 250 g/mol. The minimum atomic E-state index is -0.464. The zero-order valence-corrected chi connectivity index (χ0v) is 10.8. The van der Waals surface area contributed by atoms with Crippen LogP contribution in [-0.4, -0.2) is 43.7 Å². The minimum absolute atomic E-state index is 0.0126. The molecule has 0 aromatic heterocycles. The van der Waals surface area contributed by atoms with Crippen LogP contribution < -0.4 is 4.65 Å². The van der Waals surface area contributed by atoms with Crippen molar-refractivity contribution in [2.75, 3.05) is 33.2 Å². The second-order valence-corrected chi connectivity index (χ2v) is 5.18. The SMILES string of the molecule is CC(=O)c1ccc([N+]2([O-])CC[N+](C)([O-])CC2)cc1. The van der Waals surface area contributed by atoms with E-state index in [-0.39, 0.29) is 10.4 Å². The number of quaternary nitrogens is 2. The van der Waals surface area contributed by atoms with Crippen LogP contribution in [0.5, 0.6) is 0 Å². The quantitative estimate of drug-likeness (QED) is 0.455. The third kappa shape index (κ3) is 2.59. The fourth-order valence-electron chi connectivity index (χ4n) is 2.20. The summed E-state index contributed by atoms with van der Waals surface area (Å²) in [6.07, 6.45) is 0. The third-order valence-electron chi connectivity index (χ3n) is 3.61. The van der Waals surface area contributed by atoms with Crippen LogP contribution in [0.25, 0.3) is 0 Å². The molecule has 0 atom stereocenters. The summed E-state index contributed by atoms with van der Waals surface area (Å²) < 4.78 is -0.804. The Morgan fingerprint density at radius 1 is 1.06 bits per heavy atom. The molecule has 0 N–H and O–H groups in total. The fraction of sp³-hybridized carbons (Fsp3) is 0.462. The van der Waals surface area contributed by atoms with Gasteiger partial charge in [0, 0.05) is 17.7 Å². The van der Waals surface area contributed by atoms with Crippen molar-refractivity contribution in [3.8, 4) is 0 Å². The monoisotopic (exact) mass is 250 g/mol. The van der Waals surface area contributed by atoms with Gasteiger partial charge < -0.3 is 19.7 Å². The van der Waals surface area contributed by atoms with E-state index in [0.29, 0.717) is 37.4 Å². The van der Waals surface area contributed by atoms with E-state index in [1.165, 1.54) is 6.92 Å². The second kappa shape index (κ2) is 4.44. The van der Waals surface area contributed by atoms with Crippen molar-refractivity contribution >= 4 is 11.5 Å². The van der Waals surface area contributed by atoms with E-state index in [9.17, 15) is 15.2 Å². The number of benzene rings is 1. The molecule has 1 aliphatic heterocycles. The molecule has 5 heteroatoms. The molecule has 0 aliphatic carbocycles. The lowest BCUT2D eigenvalue weighted by atomic mass is 10.1. The standard InChI is InChI=1S/C13H18N2O3/c1-11(16)12-3-5-13(6-4-12)15(18)9-7-14(2,17)8-10-15/h3-6H,7-10H2,1-2H3. The number of carbonyl (C=O) groups is 1. The van der Waals surface area contributed by atoms with Gasteiger partial charge >= 0.3 is 0 Å². The molecule has 1 aromatic carbocycles. The van der Waals surface area contributed by atoms with E-state index >= 15 is 0 Å². The predicted octanol–water partition coefficient (Wildman–Crippen LogP) is 1.65. The zero-order valence-electron chi connectivity index (χ0n) is 10.8. The Balaban J connectivity index is 2.18. The summed E-state index contributed by atoms with van der Waals surface area (Å²) in [4.78, 5) is 11.2. The highest BCUT2D eigenvalue weighted by molar-refractivity contribution is 5.94. The maximum Gasteiger partial charge on any atom is 0.159 e. The van der Waals surface area contributed by atoms with E-state index in [4.69, 9.17) is 0 Å². The number of ketones is 1. The summed E-state index contributed by atoms with van der Waals surface area (Å²) in [5.41, 5.74) is 1.23. The zero-order chi connectivity index (χ0) is 13.4. The van der Waals surface area contributed by atoms with Gasteiger partial charge in [-0.1, -0.05) is 0 Å². The lowest BCUT2D eigenvalue weighted by Gasteiger charge is -2.52. The third-order valence-corrected chi connectivity index (χ3v) is 3.61. The summed E-state index contributed by atoms with van der Waals surface area (Å²) in [7, 11) is 1.60. The molecule has 1 aliphatic rings. The average Bonchev–Trinajstić information content (AvgIpc) is 2.34. The molecule has 1 heterocycles. The second-order valence-electron chi connectivity index (χ2n) is 5.18. The molecule has 98 valence electrons. The van der Waals surface area contributed by atoms with Crippen LogP contribution in [-0.2, 0) is 0 Å². The van der Waals surface area contributed by atoms with E-state index in [2.05, 4.69) is 0 Å². The topological polar surface area (TPSA) is 63.2 Å². The van der Waals surface area contributed by atoms with Gasteiger partial charge in [-0.05, 0) is 19.1 Å². The van der Waals surface area contributed by atoms with Crippen LogP contribution in [0.1, 0.15) is 17.3 Å². The van der Waals surface area contributed by atoms with Crippen LogP contribution in [0.15, 0.2) is 24.3 Å². The first-order chi connectivity index (χ1) is 8.32. The number of rotatable bonds is 2. The molecule has 1 fully saturated rings. The Bertz CT molecular complexity index is 444. The van der Waals surface area contributed by atoms with Gasteiger partial charge in [0.1, 0.15) is 31.9 Å². The minimum Gasteiger partial charge on any atom is -0.633 e. The van der Waals surface area contributed by atoms with Crippen molar-refractivity contribution in [2.24, 2.45) is 0 Å². The Morgan fingerprint density at radius 3 is 2.00 bits per heavy atom. The van der Waals surface area contributed by atoms with E-state index in [1.807, 2.05) is 0 Å². The van der Waals surface area contributed by atoms with Crippen LogP contribution in [0, 0.1) is 10.4 Å². The fourth-order valence-corrected chi connectivity index (χ4v) is 2.20. The molecule has 0 bridgehead atoms. The molecule has 0 unspecified atom stereocenters. The molecule has 0 saturated carbocycles. The predicted molar refractivity (Wildman–Crippen MR) is 70.6 cm³/mol. The molecule has 0 spiro atoms. The Morgan fingerprint density at radius 2 is 1.56 bits per heavy atom. The van der Waals surface area contributed by atoms with Crippen LogP contribution in [0.4, 0.5) is 5.69 Å². The molecular formula is C13H18N2O3. The first kappa shape index (κ1) is 13.2. The van der Waals surface area contributed by atoms with E-state index in [0.717, 1.165) is 0 Å². The normalized spacial score (nSPS) is 32.2. The molecule has 0 amide bonds. The van der Waals surface area contributed by atoms with Crippen LogP contribution in [0.3, 0.4) is 0 Å². The number of nitrogens with zero attached hydrogens (tertiary/aromatic N) is 2. The number of hydroxylamine groups is 5. The molecule has 0 radical (unpaired) electrons. The molecule has 5 nitrogen and oxygen atoms in total. The maximum atomic E-state index is 12.6. The van der Waals surface area contributed by atoms with Crippen LogP contribution in [0.2, 0.25) is 0 Å². The number of carbonyl (C=O) groups excluding carboxylic acids is 1. The number of piperazine rings is 1. The molecular weight excluding hydrogens is 232 g/mol. The van der Waals surface area contributed by atoms with Crippen molar-refractivity contribution in [3.63, 3.8) is 0 Å². The summed E-state index contributed by atoms with van der Waals surface area (Å²) in [6.45, 7) is 2.74. The summed E-state index contributed by atoms with van der Waals surface area (Å²) in [6, 6.07) is 6.75. The van der Waals surface area contributed by atoms with Gasteiger partial charge in [-0.25, -0.2) is 0 Å². The van der Waals surface area contributed by atoms with Gasteiger partial charge in [0.2, 0.25) is 0 Å². The van der Waals surface area contributed by atoms with Crippen molar-refractivity contribution in [2.45, 2.75) is 6.92 Å². The number of hydrogen-bond acceptors (Lipinski definition) is 3. The highest BCUT2D eigenvalue weighted by Gasteiger charge is 2.31. The van der Waals surface area contributed by atoms with Gasteiger partial charge in [-0.15, -0.1) is 0 Å². The van der Waals surface area contributed by atoms with Gasteiger partial charge in [-0.2, -0.15) is 0 Å². The summed E-state index contributed by atoms with van der Waals surface area (Å²) >= 11 is 0. The Kier molecular flexibility index (Phi) is 3.25. The van der Waals surface area contributed by atoms with Gasteiger partial charge in [-0.3, -0.25) is 4.79 Å². The Labute approximate surface area is 107 Å². The molecule has 2 rings (SSSR count). The number of likely N-dealkylation sites (N-methyl/N-ethyl adjacent to an activating group) is 1. The van der Waals surface area contributed by atoms with E-state index < -0.39 is 4.65 Å². The van der Waals surface area contributed by atoms with Crippen molar-refractivity contribution in [3.05, 3.63) is 40.2 Å². The number of Topliss-reactive ketones (excluding diaryl/α,β-unsaturated/α-hetero) is 1. The molecule has 1 saturated heterocycles. The molecule has 18 heavy (non-hydrogen) atoms. The first-order valence-electron chi connectivity index (χ1n) is 6.08. The van der Waals surface area contributed by atoms with Gasteiger partial charge in [0.15, 0.2) is 5.78 Å². The molecule has 1 aromatic rings. The lowest BCUT2D eigenvalue weighted by molar-refractivity contribution is -0.864. The van der Waals surface area contributed by atoms with Gasteiger partial charge in [0.25, 0.3) is 0 Å². The van der Waals surface area contributed by atoms with Crippen molar-refractivity contribution in [1.82, 2.24) is 4.65 Å². The Hall–Kier alpha value is -1.27. The summed E-state index contributed by atoms with van der Waals surface area (Å²) in [5, 5.41) is 24.3. The largest absolute Gasteiger partial charge is 0.633 e. The highest BCUT2D eigenvalue weighted by Crippen LogP contribution is 2.26. The first-order valence-corrected chi connectivity index (χ1v) is 6.08. The van der Waals surface area contributed by atoms with E-state index in [1.54, 1.807) is 31.3 Å². The van der Waals surface area contributed by atoms with Crippen LogP contribution >= 0.6 is 0 Å². The lowest BCUT2D eigenvalue weighted by Crippen LogP contribution is -2.61. The maximum absolute atomic E-state index is 12.6. The van der Waals surface area contributed by atoms with Crippen molar-refractivity contribution in [1.29, 1.82) is 0 Å². The van der Waals surface area contributed by atoms with Crippen molar-refractivity contribution < 1.29 is 9.44 Å². The highest BCUT2D eigenvalue weighted by atomic mass is 16.6. The van der Waals surface area contributed by atoms with Gasteiger partial charge in [0.05, 0.1) is 7.05 Å². The smallest absolute Gasteiger partial charge is 0.159 e. The number of hydrogen-bond donors (Lipinski definition) is 0. The summed E-state index contributed by atoms with van der Waals surface area (Å²) in [5.74, 6) is -0.0126.